The van der Waals surface area contributed by atoms with Gasteiger partial charge in [0.05, 0.1) is 10.7 Å². The van der Waals surface area contributed by atoms with Crippen LogP contribution in [0.2, 0.25) is 5.02 Å². The standard InChI is InChI=1S/C16H23ClN2/c1-12-6-8-19(9-7-12)16-5-2-13(10-15(16)17)11-18-14-3-4-14/h2,5,10,12,14,18H,3-4,6-9,11H2,1H3. The fourth-order valence-electron chi connectivity index (χ4n) is 2.72. The predicted octanol–water partition coefficient (Wildman–Crippen LogP) is 3.83. The molecule has 3 rings (SSSR count). The maximum absolute atomic E-state index is 6.46. The van der Waals surface area contributed by atoms with E-state index < -0.39 is 0 Å². The number of rotatable bonds is 4. The number of anilines is 1. The van der Waals surface area contributed by atoms with Gasteiger partial charge >= 0.3 is 0 Å². The van der Waals surface area contributed by atoms with Crippen LogP contribution in [0.1, 0.15) is 38.2 Å². The molecule has 0 bridgehead atoms. The molecule has 0 spiro atoms. The third-order valence-corrected chi connectivity index (χ3v) is 4.61. The van der Waals surface area contributed by atoms with Gasteiger partial charge in [-0.3, -0.25) is 0 Å². The van der Waals surface area contributed by atoms with Crippen molar-refractivity contribution >= 4 is 17.3 Å². The van der Waals surface area contributed by atoms with Gasteiger partial charge in [0, 0.05) is 25.7 Å². The first-order chi connectivity index (χ1) is 9.22. The second kappa shape index (κ2) is 5.72. The number of halogens is 1. The van der Waals surface area contributed by atoms with Gasteiger partial charge in [0.2, 0.25) is 0 Å². The first-order valence-electron chi connectivity index (χ1n) is 7.49. The van der Waals surface area contributed by atoms with Gasteiger partial charge < -0.3 is 10.2 Å². The van der Waals surface area contributed by atoms with Gasteiger partial charge in [-0.1, -0.05) is 24.6 Å². The molecule has 1 aromatic rings. The lowest BCUT2D eigenvalue weighted by atomic mass is 9.98. The van der Waals surface area contributed by atoms with Crippen molar-refractivity contribution in [2.24, 2.45) is 5.92 Å². The lowest BCUT2D eigenvalue weighted by Crippen LogP contribution is -2.32. The van der Waals surface area contributed by atoms with Gasteiger partial charge in [0.15, 0.2) is 0 Å². The first-order valence-corrected chi connectivity index (χ1v) is 7.87. The van der Waals surface area contributed by atoms with Crippen LogP contribution in [0.4, 0.5) is 5.69 Å². The van der Waals surface area contributed by atoms with Crippen LogP contribution in [-0.4, -0.2) is 19.1 Å². The van der Waals surface area contributed by atoms with Crippen LogP contribution in [-0.2, 0) is 6.54 Å². The summed E-state index contributed by atoms with van der Waals surface area (Å²) >= 11 is 6.46. The highest BCUT2D eigenvalue weighted by atomic mass is 35.5. The molecule has 1 saturated carbocycles. The number of piperidine rings is 1. The molecule has 0 unspecified atom stereocenters. The minimum Gasteiger partial charge on any atom is -0.370 e. The van der Waals surface area contributed by atoms with Crippen LogP contribution < -0.4 is 10.2 Å². The normalized spacial score (nSPS) is 20.8. The molecule has 3 heteroatoms. The van der Waals surface area contributed by atoms with Gasteiger partial charge in [-0.2, -0.15) is 0 Å². The van der Waals surface area contributed by atoms with Crippen molar-refractivity contribution in [1.82, 2.24) is 5.32 Å². The fraction of sp³-hybridized carbons (Fsp3) is 0.625. The number of hydrogen-bond donors (Lipinski definition) is 1. The molecule has 1 heterocycles. The average Bonchev–Trinajstić information content (AvgIpc) is 3.22. The minimum absolute atomic E-state index is 0.752. The van der Waals surface area contributed by atoms with Crippen molar-refractivity contribution in [2.75, 3.05) is 18.0 Å². The summed E-state index contributed by atoms with van der Waals surface area (Å²) in [6, 6.07) is 7.29. The molecule has 0 amide bonds. The van der Waals surface area contributed by atoms with Crippen molar-refractivity contribution < 1.29 is 0 Å². The van der Waals surface area contributed by atoms with E-state index in [0.717, 1.165) is 36.6 Å². The van der Waals surface area contributed by atoms with Gasteiger partial charge in [-0.05, 0) is 49.3 Å². The number of benzene rings is 1. The Bertz CT molecular complexity index is 434. The van der Waals surface area contributed by atoms with Crippen LogP contribution in [0.5, 0.6) is 0 Å². The third-order valence-electron chi connectivity index (χ3n) is 4.31. The van der Waals surface area contributed by atoms with Crippen molar-refractivity contribution in [3.05, 3.63) is 28.8 Å². The first kappa shape index (κ1) is 13.3. The monoisotopic (exact) mass is 278 g/mol. The molecule has 2 aliphatic rings. The third kappa shape index (κ3) is 3.43. The van der Waals surface area contributed by atoms with Crippen molar-refractivity contribution in [1.29, 1.82) is 0 Å². The van der Waals surface area contributed by atoms with E-state index in [-0.39, 0.29) is 0 Å². The van der Waals surface area contributed by atoms with E-state index in [0.29, 0.717) is 0 Å². The summed E-state index contributed by atoms with van der Waals surface area (Å²) in [6.45, 7) is 5.56. The Labute approximate surface area is 121 Å². The highest BCUT2D eigenvalue weighted by Crippen LogP contribution is 2.30. The number of nitrogens with zero attached hydrogens (tertiary/aromatic N) is 1. The average molecular weight is 279 g/mol. The van der Waals surface area contributed by atoms with Gasteiger partial charge in [0.1, 0.15) is 0 Å². The lowest BCUT2D eigenvalue weighted by Gasteiger charge is -2.32. The van der Waals surface area contributed by atoms with Crippen LogP contribution >= 0.6 is 11.6 Å². The molecule has 0 aromatic heterocycles. The Balaban J connectivity index is 1.64. The maximum atomic E-state index is 6.46. The van der Waals surface area contributed by atoms with E-state index in [2.05, 4.69) is 35.3 Å². The minimum atomic E-state index is 0.752. The van der Waals surface area contributed by atoms with Crippen LogP contribution in [0.3, 0.4) is 0 Å². The second-order valence-electron chi connectivity index (χ2n) is 6.11. The van der Waals surface area contributed by atoms with Crippen molar-refractivity contribution in [3.8, 4) is 0 Å². The Morgan fingerprint density at radius 3 is 2.58 bits per heavy atom. The Kier molecular flexibility index (Phi) is 3.99. The molecule has 0 atom stereocenters. The van der Waals surface area contributed by atoms with Crippen molar-refractivity contribution in [3.63, 3.8) is 0 Å². The smallest absolute Gasteiger partial charge is 0.0642 e. The van der Waals surface area contributed by atoms with E-state index in [1.54, 1.807) is 0 Å². The number of nitrogens with one attached hydrogen (secondary N) is 1. The van der Waals surface area contributed by atoms with Crippen LogP contribution in [0.15, 0.2) is 18.2 Å². The van der Waals surface area contributed by atoms with Crippen LogP contribution in [0, 0.1) is 5.92 Å². The summed E-state index contributed by atoms with van der Waals surface area (Å²) in [7, 11) is 0. The molecule has 0 radical (unpaired) electrons. The lowest BCUT2D eigenvalue weighted by molar-refractivity contribution is 0.438. The molecule has 19 heavy (non-hydrogen) atoms. The molecule has 2 fully saturated rings. The van der Waals surface area contributed by atoms with Gasteiger partial charge in [0.25, 0.3) is 0 Å². The van der Waals surface area contributed by atoms with E-state index >= 15 is 0 Å². The van der Waals surface area contributed by atoms with E-state index in [1.807, 2.05) is 0 Å². The zero-order chi connectivity index (χ0) is 13.2. The number of hydrogen-bond acceptors (Lipinski definition) is 2. The maximum Gasteiger partial charge on any atom is 0.0642 e. The molecule has 2 nitrogen and oxygen atoms in total. The summed E-state index contributed by atoms with van der Waals surface area (Å²) in [5, 5.41) is 4.44. The SMILES string of the molecule is CC1CCN(c2ccc(CNC3CC3)cc2Cl)CC1. The Morgan fingerprint density at radius 2 is 1.95 bits per heavy atom. The molecular weight excluding hydrogens is 256 g/mol. The second-order valence-corrected chi connectivity index (χ2v) is 6.52. The molecule has 1 saturated heterocycles. The van der Waals surface area contributed by atoms with Gasteiger partial charge in [-0.25, -0.2) is 0 Å². The summed E-state index contributed by atoms with van der Waals surface area (Å²) in [5.41, 5.74) is 2.51. The molecule has 1 aliphatic heterocycles. The zero-order valence-corrected chi connectivity index (χ0v) is 12.4. The quantitative estimate of drug-likeness (QED) is 0.900. The topological polar surface area (TPSA) is 15.3 Å². The van der Waals surface area contributed by atoms with E-state index in [1.165, 1.54) is 36.9 Å². The zero-order valence-electron chi connectivity index (χ0n) is 11.7. The van der Waals surface area contributed by atoms with E-state index in [4.69, 9.17) is 11.6 Å². The highest BCUT2D eigenvalue weighted by Gasteiger charge is 2.21. The van der Waals surface area contributed by atoms with Crippen LogP contribution in [0.25, 0.3) is 0 Å². The fourth-order valence-corrected chi connectivity index (χ4v) is 3.04. The summed E-state index contributed by atoms with van der Waals surface area (Å²) in [6.07, 6.45) is 5.22. The molecular formula is C16H23ClN2. The largest absolute Gasteiger partial charge is 0.370 e. The summed E-state index contributed by atoms with van der Waals surface area (Å²) in [5.74, 6) is 0.858. The molecule has 104 valence electrons. The highest BCUT2D eigenvalue weighted by molar-refractivity contribution is 6.33. The molecule has 1 aliphatic carbocycles. The molecule has 1 aromatic carbocycles. The summed E-state index contributed by atoms with van der Waals surface area (Å²) < 4.78 is 0. The molecule has 1 N–H and O–H groups in total. The van der Waals surface area contributed by atoms with Gasteiger partial charge in [-0.15, -0.1) is 0 Å². The summed E-state index contributed by atoms with van der Waals surface area (Å²) in [4.78, 5) is 2.43. The van der Waals surface area contributed by atoms with Crippen molar-refractivity contribution in [2.45, 2.75) is 45.2 Å². The van der Waals surface area contributed by atoms with E-state index in [9.17, 15) is 0 Å². The predicted molar refractivity (Wildman–Crippen MR) is 81.9 cm³/mol. The Morgan fingerprint density at radius 1 is 1.21 bits per heavy atom. The Hall–Kier alpha value is -0.730.